The van der Waals surface area contributed by atoms with Gasteiger partial charge < -0.3 is 9.47 Å². The highest BCUT2D eigenvalue weighted by Gasteiger charge is 2.24. The Morgan fingerprint density at radius 3 is 2.48 bits per heavy atom. The zero-order valence-corrected chi connectivity index (χ0v) is 14.2. The van der Waals surface area contributed by atoms with Gasteiger partial charge in [-0.3, -0.25) is 0 Å². The molecule has 0 spiro atoms. The number of hydrogen-bond acceptors (Lipinski definition) is 4. The van der Waals surface area contributed by atoms with Crippen LogP contribution in [0, 0.1) is 0 Å². The van der Waals surface area contributed by atoms with Crippen molar-refractivity contribution in [1.82, 2.24) is 0 Å². The van der Waals surface area contributed by atoms with Gasteiger partial charge in [0, 0.05) is 5.02 Å². The van der Waals surface area contributed by atoms with Crippen molar-refractivity contribution in [2.45, 2.75) is 25.4 Å². The van der Waals surface area contributed by atoms with Crippen molar-refractivity contribution < 1.29 is 9.47 Å². The largest absolute Gasteiger partial charge is 0.493 e. The first-order chi connectivity index (χ1) is 11.1. The van der Waals surface area contributed by atoms with Gasteiger partial charge in [-0.25, -0.2) is 0 Å². The van der Waals surface area contributed by atoms with Crippen LogP contribution in [0.4, 0.5) is 0 Å². The number of hydrogen-bond donors (Lipinski definition) is 0. The molecule has 3 rings (SSSR count). The van der Waals surface area contributed by atoms with E-state index in [0.29, 0.717) is 10.8 Å². The highest BCUT2D eigenvalue weighted by Crippen LogP contribution is 2.39. The first kappa shape index (κ1) is 15.8. The number of methoxy groups -OCH3 is 2. The summed E-state index contributed by atoms with van der Waals surface area (Å²) >= 11 is 6.15. The van der Waals surface area contributed by atoms with E-state index in [9.17, 15) is 0 Å². The summed E-state index contributed by atoms with van der Waals surface area (Å²) in [5, 5.41) is 9.69. The number of rotatable bonds is 3. The summed E-state index contributed by atoms with van der Waals surface area (Å²) in [5.41, 5.74) is 3.27. The van der Waals surface area contributed by atoms with Crippen LogP contribution >= 0.6 is 11.6 Å². The first-order valence-electron chi connectivity index (χ1n) is 7.52. The predicted octanol–water partition coefficient (Wildman–Crippen LogP) is 4.84. The second-order valence-electron chi connectivity index (χ2n) is 5.65. The number of nitrogens with zero attached hydrogens (tertiary/aromatic N) is 2. The number of ether oxygens (including phenoxy) is 2. The third-order valence-corrected chi connectivity index (χ3v) is 4.23. The fraction of sp³-hybridized carbons (Fsp3) is 0.333. The van der Waals surface area contributed by atoms with Crippen molar-refractivity contribution in [2.24, 2.45) is 10.2 Å². The summed E-state index contributed by atoms with van der Waals surface area (Å²) in [7, 11) is 3.28. The molecule has 0 aliphatic carbocycles. The fourth-order valence-electron chi connectivity index (χ4n) is 2.89. The minimum absolute atomic E-state index is 0.121. The molecule has 0 radical (unpaired) electrons. The number of halogens is 1. The molecule has 2 atom stereocenters. The van der Waals surface area contributed by atoms with E-state index in [0.717, 1.165) is 23.3 Å². The Morgan fingerprint density at radius 2 is 1.78 bits per heavy atom. The SMILES string of the molecule is COc1cc2c(cc1OC)C(c1cccc(Cl)c1)N=NC(C)C2. The molecule has 2 aromatic rings. The Balaban J connectivity index is 2.17. The quantitative estimate of drug-likeness (QED) is 0.807. The van der Waals surface area contributed by atoms with Gasteiger partial charge in [-0.15, -0.1) is 0 Å². The molecule has 120 valence electrons. The van der Waals surface area contributed by atoms with Crippen molar-refractivity contribution in [3.63, 3.8) is 0 Å². The lowest BCUT2D eigenvalue weighted by atomic mass is 9.92. The zero-order valence-electron chi connectivity index (χ0n) is 13.4. The van der Waals surface area contributed by atoms with Gasteiger partial charge in [0.1, 0.15) is 6.04 Å². The molecule has 2 aromatic carbocycles. The summed E-state index contributed by atoms with van der Waals surface area (Å²) in [5.74, 6) is 1.42. The number of benzene rings is 2. The lowest BCUT2D eigenvalue weighted by Gasteiger charge is -2.18. The minimum Gasteiger partial charge on any atom is -0.493 e. The molecule has 4 nitrogen and oxygen atoms in total. The van der Waals surface area contributed by atoms with Gasteiger partial charge in [0.15, 0.2) is 11.5 Å². The Morgan fingerprint density at radius 1 is 1.04 bits per heavy atom. The van der Waals surface area contributed by atoms with Gasteiger partial charge in [0.25, 0.3) is 0 Å². The lowest BCUT2D eigenvalue weighted by molar-refractivity contribution is 0.354. The summed E-state index contributed by atoms with van der Waals surface area (Å²) in [6.45, 7) is 2.06. The molecule has 23 heavy (non-hydrogen) atoms. The molecule has 0 bridgehead atoms. The zero-order chi connectivity index (χ0) is 16.4. The van der Waals surface area contributed by atoms with Gasteiger partial charge in [0.05, 0.1) is 20.3 Å². The van der Waals surface area contributed by atoms with Crippen molar-refractivity contribution in [3.8, 4) is 11.5 Å². The monoisotopic (exact) mass is 330 g/mol. The maximum absolute atomic E-state index is 6.15. The maximum atomic E-state index is 6.15. The average molecular weight is 331 g/mol. The molecule has 5 heteroatoms. The molecule has 1 aliphatic heterocycles. The number of fused-ring (bicyclic) bond motifs is 1. The number of azo groups is 1. The molecule has 0 saturated carbocycles. The average Bonchev–Trinajstić information content (AvgIpc) is 2.71. The van der Waals surface area contributed by atoms with Gasteiger partial charge in [0.2, 0.25) is 0 Å². The first-order valence-corrected chi connectivity index (χ1v) is 7.90. The summed E-state index contributed by atoms with van der Waals surface area (Å²) in [4.78, 5) is 0. The molecule has 1 heterocycles. The van der Waals surface area contributed by atoms with Gasteiger partial charge in [-0.2, -0.15) is 10.2 Å². The van der Waals surface area contributed by atoms with Crippen LogP contribution in [0.3, 0.4) is 0 Å². The Labute approximate surface area is 141 Å². The summed E-state index contributed by atoms with van der Waals surface area (Å²) in [6, 6.07) is 11.7. The minimum atomic E-state index is -0.187. The second kappa shape index (κ2) is 6.59. The molecule has 1 aliphatic rings. The van der Waals surface area contributed by atoms with E-state index >= 15 is 0 Å². The molecular weight excluding hydrogens is 312 g/mol. The van der Waals surface area contributed by atoms with Crippen molar-refractivity contribution in [1.29, 1.82) is 0 Å². The van der Waals surface area contributed by atoms with Gasteiger partial charge in [-0.1, -0.05) is 23.7 Å². The molecule has 0 amide bonds. The standard InChI is InChI=1S/C18H19ClN2O2/c1-11-7-13-9-16(22-2)17(23-3)10-15(13)18(21-20-11)12-5-4-6-14(19)8-12/h4-6,8-11,18H,7H2,1-3H3. The van der Waals surface area contributed by atoms with Crippen LogP contribution in [0.5, 0.6) is 11.5 Å². The van der Waals surface area contributed by atoms with Crippen LogP contribution in [0.2, 0.25) is 5.02 Å². The van der Waals surface area contributed by atoms with E-state index in [1.807, 2.05) is 36.4 Å². The van der Waals surface area contributed by atoms with E-state index in [4.69, 9.17) is 21.1 Å². The normalized spacial score (nSPS) is 19.8. The van der Waals surface area contributed by atoms with E-state index in [2.05, 4.69) is 17.2 Å². The van der Waals surface area contributed by atoms with Crippen LogP contribution in [-0.2, 0) is 6.42 Å². The van der Waals surface area contributed by atoms with Crippen LogP contribution in [0.25, 0.3) is 0 Å². The molecule has 0 N–H and O–H groups in total. The van der Waals surface area contributed by atoms with Gasteiger partial charge in [-0.05, 0) is 54.3 Å². The van der Waals surface area contributed by atoms with Crippen molar-refractivity contribution in [2.75, 3.05) is 14.2 Å². The van der Waals surface area contributed by atoms with Crippen molar-refractivity contribution in [3.05, 3.63) is 58.1 Å². The highest BCUT2D eigenvalue weighted by atomic mass is 35.5. The van der Waals surface area contributed by atoms with Crippen LogP contribution in [-0.4, -0.2) is 20.3 Å². The Kier molecular flexibility index (Phi) is 4.53. The highest BCUT2D eigenvalue weighted by molar-refractivity contribution is 6.30. The second-order valence-corrected chi connectivity index (χ2v) is 6.08. The van der Waals surface area contributed by atoms with Gasteiger partial charge >= 0.3 is 0 Å². The lowest BCUT2D eigenvalue weighted by Crippen LogP contribution is -2.05. The summed E-state index contributed by atoms with van der Waals surface area (Å²) in [6.07, 6.45) is 0.816. The summed E-state index contributed by atoms with van der Waals surface area (Å²) < 4.78 is 10.9. The van der Waals surface area contributed by atoms with E-state index in [-0.39, 0.29) is 12.1 Å². The van der Waals surface area contributed by atoms with Crippen molar-refractivity contribution >= 4 is 11.6 Å². The van der Waals surface area contributed by atoms with Crippen LogP contribution in [0.1, 0.15) is 29.7 Å². The third kappa shape index (κ3) is 3.17. The van der Waals surface area contributed by atoms with Crippen LogP contribution in [0.15, 0.2) is 46.6 Å². The predicted molar refractivity (Wildman–Crippen MR) is 90.9 cm³/mol. The van der Waals surface area contributed by atoms with E-state index in [1.54, 1.807) is 14.2 Å². The smallest absolute Gasteiger partial charge is 0.161 e. The third-order valence-electron chi connectivity index (χ3n) is 4.00. The van der Waals surface area contributed by atoms with Crippen LogP contribution < -0.4 is 9.47 Å². The fourth-order valence-corrected chi connectivity index (χ4v) is 3.09. The Hall–Kier alpha value is -2.07. The van der Waals surface area contributed by atoms with E-state index in [1.165, 1.54) is 5.56 Å². The maximum Gasteiger partial charge on any atom is 0.161 e. The molecule has 0 saturated heterocycles. The molecular formula is C18H19ClN2O2. The molecule has 2 unspecified atom stereocenters. The Bertz CT molecular complexity index is 746. The molecule has 0 aromatic heterocycles. The topological polar surface area (TPSA) is 43.2 Å². The molecule has 0 fully saturated rings. The van der Waals surface area contributed by atoms with E-state index < -0.39 is 0 Å².